The predicted octanol–water partition coefficient (Wildman–Crippen LogP) is 4.61. The Labute approximate surface area is 161 Å². The summed E-state index contributed by atoms with van der Waals surface area (Å²) in [6.45, 7) is 7.60. The Bertz CT molecular complexity index is 710. The third-order valence-corrected chi connectivity index (χ3v) is 5.20. The Hall–Kier alpha value is -2.17. The fourth-order valence-electron chi connectivity index (χ4n) is 3.80. The summed E-state index contributed by atoms with van der Waals surface area (Å²) in [5.41, 5.74) is 1.77. The monoisotopic (exact) mass is 373 g/mol. The summed E-state index contributed by atoms with van der Waals surface area (Å²) in [6.07, 6.45) is 6.20. The second kappa shape index (κ2) is 8.68. The van der Waals surface area contributed by atoms with Gasteiger partial charge in [-0.05, 0) is 94.9 Å². The Morgan fingerprint density at radius 2 is 1.78 bits per heavy atom. The van der Waals surface area contributed by atoms with Crippen LogP contribution in [0.25, 0.3) is 0 Å². The largest absolute Gasteiger partial charge is 0.507 e. The van der Waals surface area contributed by atoms with Crippen molar-refractivity contribution in [2.75, 3.05) is 0 Å². The molecule has 0 heterocycles. The molecule has 0 saturated heterocycles. The van der Waals surface area contributed by atoms with E-state index in [9.17, 15) is 14.7 Å². The lowest BCUT2D eigenvalue weighted by Crippen LogP contribution is -2.26. The molecule has 0 aliphatic heterocycles. The van der Waals surface area contributed by atoms with Crippen LogP contribution in [0.3, 0.4) is 0 Å². The number of aromatic hydroxyl groups is 1. The number of rotatable bonds is 6. The van der Waals surface area contributed by atoms with E-state index in [0.717, 1.165) is 49.4 Å². The number of phenolic OH excluding ortho intramolecular Hbond substituents is 1. The number of phenols is 1. The van der Waals surface area contributed by atoms with Gasteiger partial charge < -0.3 is 15.3 Å². The molecule has 0 aromatic heterocycles. The first-order valence-electron chi connectivity index (χ1n) is 9.68. The zero-order chi connectivity index (χ0) is 20.2. The van der Waals surface area contributed by atoms with Gasteiger partial charge in [-0.15, -0.1) is 0 Å². The highest BCUT2D eigenvalue weighted by Crippen LogP contribution is 2.35. The lowest BCUT2D eigenvalue weighted by atomic mass is 9.77. The smallest absolute Gasteiger partial charge is 0.306 e. The van der Waals surface area contributed by atoms with E-state index in [0.29, 0.717) is 18.3 Å². The molecule has 1 aromatic rings. The molecule has 0 radical (unpaired) electrons. The molecule has 2 N–H and O–H groups in total. The number of Topliss-reactive ketones (excluding diaryl/α,β-unsaturated/α-hetero) is 1. The number of ketones is 1. The highest BCUT2D eigenvalue weighted by molar-refractivity contribution is 6.35. The van der Waals surface area contributed by atoms with Gasteiger partial charge in [0.15, 0.2) is 0 Å². The molecule has 0 unspecified atom stereocenters. The average Bonchev–Trinajstić information content (AvgIpc) is 2.57. The molecule has 0 bridgehead atoms. The zero-order valence-corrected chi connectivity index (χ0v) is 16.8. The van der Waals surface area contributed by atoms with E-state index < -0.39 is 11.4 Å². The van der Waals surface area contributed by atoms with Gasteiger partial charge in [-0.25, -0.2) is 0 Å². The SMILES string of the molecule is Cc1cc(C(=O)C=N)c(O)cc1CC1CCC(CC(=O)OC(C)(C)C)CC1. The van der Waals surface area contributed by atoms with Crippen LogP contribution in [0.5, 0.6) is 5.75 Å². The maximum atomic E-state index is 12.0. The van der Waals surface area contributed by atoms with Gasteiger partial charge in [0.05, 0.1) is 11.8 Å². The van der Waals surface area contributed by atoms with Crippen molar-refractivity contribution in [1.82, 2.24) is 0 Å². The fraction of sp³-hybridized carbons (Fsp3) is 0.591. The van der Waals surface area contributed by atoms with Crippen LogP contribution < -0.4 is 0 Å². The molecular formula is C22H31NO4. The van der Waals surface area contributed by atoms with Crippen LogP contribution in [0.1, 0.15) is 74.4 Å². The van der Waals surface area contributed by atoms with Gasteiger partial charge >= 0.3 is 5.97 Å². The third-order valence-electron chi connectivity index (χ3n) is 5.20. The van der Waals surface area contributed by atoms with Gasteiger partial charge in [0, 0.05) is 6.42 Å². The first-order chi connectivity index (χ1) is 12.6. The summed E-state index contributed by atoms with van der Waals surface area (Å²) in [5, 5.41) is 17.2. The van der Waals surface area contributed by atoms with Crippen molar-refractivity contribution in [2.45, 2.75) is 71.8 Å². The molecule has 5 nitrogen and oxygen atoms in total. The number of hydrogen-bond acceptors (Lipinski definition) is 5. The van der Waals surface area contributed by atoms with Crippen LogP contribution in [0.4, 0.5) is 0 Å². The van der Waals surface area contributed by atoms with E-state index in [4.69, 9.17) is 10.1 Å². The van der Waals surface area contributed by atoms with Crippen LogP contribution in [0.15, 0.2) is 12.1 Å². The highest BCUT2D eigenvalue weighted by Gasteiger charge is 2.26. The van der Waals surface area contributed by atoms with E-state index in [1.54, 1.807) is 12.1 Å². The molecule has 1 fully saturated rings. The predicted molar refractivity (Wildman–Crippen MR) is 106 cm³/mol. The summed E-state index contributed by atoms with van der Waals surface area (Å²) < 4.78 is 5.42. The van der Waals surface area contributed by atoms with Crippen LogP contribution in [0.2, 0.25) is 0 Å². The molecule has 0 spiro atoms. The second-order valence-electron chi connectivity index (χ2n) is 8.69. The Kier molecular flexibility index (Phi) is 6.79. The molecule has 1 aliphatic rings. The lowest BCUT2D eigenvalue weighted by Gasteiger charge is -2.29. The number of benzene rings is 1. The van der Waals surface area contributed by atoms with Crippen molar-refractivity contribution < 1.29 is 19.4 Å². The normalized spacial score (nSPS) is 20.1. The summed E-state index contributed by atoms with van der Waals surface area (Å²) in [7, 11) is 0. The minimum atomic E-state index is -0.482. The number of hydrogen-bond donors (Lipinski definition) is 2. The van der Waals surface area contributed by atoms with Crippen molar-refractivity contribution >= 4 is 18.0 Å². The van der Waals surface area contributed by atoms with Crippen molar-refractivity contribution in [3.05, 3.63) is 28.8 Å². The summed E-state index contributed by atoms with van der Waals surface area (Å²) >= 11 is 0. The molecule has 0 amide bonds. The molecule has 1 aromatic carbocycles. The van der Waals surface area contributed by atoms with Gasteiger partial charge in [0.2, 0.25) is 5.78 Å². The number of carbonyl (C=O) groups is 2. The molecule has 5 heteroatoms. The molecule has 2 rings (SSSR count). The molecule has 1 aliphatic carbocycles. The van der Waals surface area contributed by atoms with Gasteiger partial charge in [-0.3, -0.25) is 9.59 Å². The second-order valence-corrected chi connectivity index (χ2v) is 8.69. The summed E-state index contributed by atoms with van der Waals surface area (Å²) in [5.74, 6) is 0.256. The Morgan fingerprint density at radius 1 is 1.19 bits per heavy atom. The zero-order valence-electron chi connectivity index (χ0n) is 16.8. The minimum Gasteiger partial charge on any atom is -0.507 e. The maximum absolute atomic E-state index is 12.0. The minimum absolute atomic E-state index is 0.0530. The number of aryl methyl sites for hydroxylation is 1. The number of ether oxygens (including phenoxy) is 1. The molecule has 0 atom stereocenters. The van der Waals surface area contributed by atoms with E-state index in [1.165, 1.54) is 0 Å². The maximum Gasteiger partial charge on any atom is 0.306 e. The van der Waals surface area contributed by atoms with Crippen molar-refractivity contribution in [3.63, 3.8) is 0 Å². The van der Waals surface area contributed by atoms with Crippen LogP contribution in [0, 0.1) is 24.2 Å². The first kappa shape index (κ1) is 21.1. The summed E-state index contributed by atoms with van der Waals surface area (Å²) in [6, 6.07) is 3.34. The van der Waals surface area contributed by atoms with Crippen molar-refractivity contribution in [2.24, 2.45) is 11.8 Å². The van der Waals surface area contributed by atoms with Crippen LogP contribution in [-0.4, -0.2) is 28.7 Å². The molecule has 27 heavy (non-hydrogen) atoms. The van der Waals surface area contributed by atoms with Gasteiger partial charge in [-0.2, -0.15) is 0 Å². The van der Waals surface area contributed by atoms with Crippen LogP contribution >= 0.6 is 0 Å². The molecule has 148 valence electrons. The average molecular weight is 373 g/mol. The first-order valence-corrected chi connectivity index (χ1v) is 9.68. The number of esters is 1. The van der Waals surface area contributed by atoms with Gasteiger partial charge in [0.1, 0.15) is 11.4 Å². The van der Waals surface area contributed by atoms with E-state index in [-0.39, 0.29) is 17.3 Å². The molecule has 1 saturated carbocycles. The Morgan fingerprint density at radius 3 is 2.33 bits per heavy atom. The van der Waals surface area contributed by atoms with Gasteiger partial charge in [-0.1, -0.05) is 0 Å². The van der Waals surface area contributed by atoms with E-state index in [2.05, 4.69) is 0 Å². The molecular weight excluding hydrogens is 342 g/mol. The topological polar surface area (TPSA) is 87.5 Å². The Balaban J connectivity index is 1.90. The van der Waals surface area contributed by atoms with E-state index >= 15 is 0 Å². The fourth-order valence-corrected chi connectivity index (χ4v) is 3.80. The summed E-state index contributed by atoms with van der Waals surface area (Å²) in [4.78, 5) is 23.7. The quantitative estimate of drug-likeness (QED) is 0.433. The standard InChI is InChI=1S/C22H31NO4/c1-14-9-18(20(25)13-23)19(24)12-17(14)10-15-5-7-16(8-6-15)11-21(26)27-22(2,3)4/h9,12-13,15-16,23-24H,5-8,10-11H2,1-4H3. The highest BCUT2D eigenvalue weighted by atomic mass is 16.6. The number of carbonyl (C=O) groups excluding carboxylic acids is 2. The van der Waals surface area contributed by atoms with Crippen molar-refractivity contribution in [3.8, 4) is 5.75 Å². The van der Waals surface area contributed by atoms with Gasteiger partial charge in [0.25, 0.3) is 0 Å². The number of nitrogens with one attached hydrogen (secondary N) is 1. The lowest BCUT2D eigenvalue weighted by molar-refractivity contribution is -0.156. The van der Waals surface area contributed by atoms with Crippen molar-refractivity contribution in [1.29, 1.82) is 5.41 Å². The van der Waals surface area contributed by atoms with Crippen LogP contribution in [-0.2, 0) is 16.0 Å². The van der Waals surface area contributed by atoms with E-state index in [1.807, 2.05) is 27.7 Å². The third kappa shape index (κ3) is 6.19.